The van der Waals surface area contributed by atoms with Crippen LogP contribution >= 0.6 is 11.3 Å². The molecular weight excluding hydrogens is 330 g/mol. The molecule has 4 rings (SSSR count). The fourth-order valence-corrected chi connectivity index (χ4v) is 2.97. The van der Waals surface area contributed by atoms with E-state index in [2.05, 4.69) is 15.3 Å². The monoisotopic (exact) mass is 339 g/mol. The van der Waals surface area contributed by atoms with Crippen LogP contribution in [0.15, 0.2) is 46.9 Å². The Kier molecular flexibility index (Phi) is 3.39. The van der Waals surface area contributed by atoms with Crippen LogP contribution < -0.4 is 0 Å². The maximum Gasteiger partial charge on any atom is 0.433 e. The van der Waals surface area contributed by atoms with Gasteiger partial charge >= 0.3 is 5.88 Å². The van der Waals surface area contributed by atoms with E-state index < -0.39 is 4.92 Å². The van der Waals surface area contributed by atoms with Gasteiger partial charge in [-0.25, -0.2) is 0 Å². The first kappa shape index (κ1) is 14.3. The van der Waals surface area contributed by atoms with Crippen molar-refractivity contribution in [2.75, 3.05) is 0 Å². The molecule has 4 aromatic rings. The Morgan fingerprint density at radius 2 is 1.96 bits per heavy atom. The molecule has 0 amide bonds. The van der Waals surface area contributed by atoms with Crippen molar-refractivity contribution in [1.29, 1.82) is 0 Å². The smallest absolute Gasteiger partial charge is 0.401 e. The molecule has 0 fully saturated rings. The van der Waals surface area contributed by atoms with Crippen LogP contribution in [0, 0.1) is 10.1 Å². The van der Waals surface area contributed by atoms with Gasteiger partial charge in [-0.1, -0.05) is 41.7 Å². The number of rotatable bonds is 4. The minimum absolute atomic E-state index is 0.305. The first-order valence-corrected chi connectivity index (χ1v) is 7.72. The average Bonchev–Trinajstić information content (AvgIpc) is 3.29. The van der Waals surface area contributed by atoms with Crippen LogP contribution in [0.1, 0.15) is 11.6 Å². The minimum Gasteiger partial charge on any atom is -0.401 e. The molecule has 0 radical (unpaired) electrons. The summed E-state index contributed by atoms with van der Waals surface area (Å²) in [5.74, 6) is 0.570. The fourth-order valence-electron chi connectivity index (χ4n) is 2.12. The zero-order chi connectivity index (χ0) is 16.5. The van der Waals surface area contributed by atoms with Crippen LogP contribution in [0.4, 0.5) is 5.88 Å². The predicted octanol–water partition coefficient (Wildman–Crippen LogP) is 3.52. The predicted molar refractivity (Wildman–Crippen MR) is 88.4 cm³/mol. The summed E-state index contributed by atoms with van der Waals surface area (Å²) >= 11 is 1.43. The maximum absolute atomic E-state index is 10.6. The van der Waals surface area contributed by atoms with Crippen molar-refractivity contribution >= 4 is 34.3 Å². The molecule has 8 nitrogen and oxygen atoms in total. The van der Waals surface area contributed by atoms with Gasteiger partial charge in [-0.3, -0.25) is 10.1 Å². The highest BCUT2D eigenvalue weighted by molar-refractivity contribution is 7.19. The van der Waals surface area contributed by atoms with Gasteiger partial charge in [0.05, 0.1) is 6.07 Å². The molecule has 0 saturated heterocycles. The molecule has 1 aromatic carbocycles. The van der Waals surface area contributed by atoms with Gasteiger partial charge in [-0.15, -0.1) is 10.2 Å². The molecule has 3 aromatic heterocycles. The Hall–Kier alpha value is -3.33. The lowest BCUT2D eigenvalue weighted by molar-refractivity contribution is -0.402. The molecule has 118 valence electrons. The van der Waals surface area contributed by atoms with Crippen molar-refractivity contribution in [2.45, 2.75) is 0 Å². The Morgan fingerprint density at radius 3 is 2.71 bits per heavy atom. The lowest BCUT2D eigenvalue weighted by Crippen LogP contribution is -1.89. The van der Waals surface area contributed by atoms with Crippen LogP contribution in [0.3, 0.4) is 0 Å². The zero-order valence-electron chi connectivity index (χ0n) is 12.1. The number of aromatic nitrogens is 4. The lowest BCUT2D eigenvalue weighted by Gasteiger charge is -1.92. The van der Waals surface area contributed by atoms with E-state index in [0.717, 1.165) is 10.6 Å². The molecule has 0 aliphatic carbocycles. The maximum atomic E-state index is 10.6. The third-order valence-corrected chi connectivity index (χ3v) is 4.17. The first-order chi connectivity index (χ1) is 11.7. The highest BCUT2D eigenvalue weighted by Gasteiger charge is 2.12. The van der Waals surface area contributed by atoms with Crippen molar-refractivity contribution in [3.8, 4) is 10.6 Å². The van der Waals surface area contributed by atoms with E-state index in [1.54, 1.807) is 16.7 Å². The molecule has 0 unspecified atom stereocenters. The Labute approximate surface area is 138 Å². The van der Waals surface area contributed by atoms with Crippen LogP contribution in [-0.2, 0) is 0 Å². The molecule has 3 heterocycles. The molecule has 0 N–H and O–H groups in total. The highest BCUT2D eigenvalue weighted by Crippen LogP contribution is 2.25. The zero-order valence-corrected chi connectivity index (χ0v) is 12.9. The number of hydrogen-bond donors (Lipinski definition) is 0. The van der Waals surface area contributed by atoms with Crippen molar-refractivity contribution in [2.24, 2.45) is 0 Å². The summed E-state index contributed by atoms with van der Waals surface area (Å²) in [5.41, 5.74) is 1.00. The van der Waals surface area contributed by atoms with E-state index in [1.807, 2.05) is 30.3 Å². The average molecular weight is 339 g/mol. The quantitative estimate of drug-likeness (QED) is 0.416. The third kappa shape index (κ3) is 2.57. The lowest BCUT2D eigenvalue weighted by atomic mass is 10.2. The number of nitro groups is 1. The van der Waals surface area contributed by atoms with E-state index >= 15 is 0 Å². The number of furan rings is 1. The third-order valence-electron chi connectivity index (χ3n) is 3.22. The SMILES string of the molecule is O=[N+]([O-])c1ccc(/C=C/c2nnc3sc(-c4ccccc4)nn23)o1. The highest BCUT2D eigenvalue weighted by atomic mass is 32.1. The molecule has 0 aliphatic rings. The Bertz CT molecular complexity index is 1050. The molecule has 24 heavy (non-hydrogen) atoms. The normalized spacial score (nSPS) is 11.5. The fraction of sp³-hybridized carbons (Fsp3) is 0. The van der Waals surface area contributed by atoms with Gasteiger partial charge in [-0.2, -0.15) is 9.61 Å². The second kappa shape index (κ2) is 5.70. The summed E-state index contributed by atoms with van der Waals surface area (Å²) in [5, 5.41) is 24.1. The molecule has 0 bridgehead atoms. The second-order valence-electron chi connectivity index (χ2n) is 4.79. The summed E-state index contributed by atoms with van der Waals surface area (Å²) < 4.78 is 6.69. The van der Waals surface area contributed by atoms with Gasteiger partial charge in [0, 0.05) is 5.56 Å². The van der Waals surface area contributed by atoms with Gasteiger partial charge in [0.15, 0.2) is 5.82 Å². The summed E-state index contributed by atoms with van der Waals surface area (Å²) in [7, 11) is 0. The van der Waals surface area contributed by atoms with Crippen molar-refractivity contribution in [3.05, 3.63) is 64.2 Å². The molecule has 0 aliphatic heterocycles. The molecule has 0 atom stereocenters. The van der Waals surface area contributed by atoms with Gasteiger partial charge in [0.25, 0.3) is 0 Å². The van der Waals surface area contributed by atoms with Crippen molar-refractivity contribution in [1.82, 2.24) is 19.8 Å². The van der Waals surface area contributed by atoms with Gasteiger partial charge in [0.1, 0.15) is 15.7 Å². The van der Waals surface area contributed by atoms with Gasteiger partial charge < -0.3 is 4.42 Å². The molecular formula is C15H9N5O3S. The van der Waals surface area contributed by atoms with Crippen molar-refractivity contribution < 1.29 is 9.34 Å². The van der Waals surface area contributed by atoms with Crippen LogP contribution in [0.25, 0.3) is 27.7 Å². The van der Waals surface area contributed by atoms with Crippen LogP contribution in [0.5, 0.6) is 0 Å². The summed E-state index contributed by atoms with van der Waals surface area (Å²) in [6.45, 7) is 0. The van der Waals surface area contributed by atoms with E-state index in [0.29, 0.717) is 16.5 Å². The van der Waals surface area contributed by atoms with Crippen LogP contribution in [0.2, 0.25) is 0 Å². The van der Waals surface area contributed by atoms with E-state index in [4.69, 9.17) is 4.42 Å². The van der Waals surface area contributed by atoms with Crippen molar-refractivity contribution in [3.63, 3.8) is 0 Å². The topological polar surface area (TPSA) is 99.4 Å². The molecule has 9 heteroatoms. The molecule has 0 spiro atoms. The second-order valence-corrected chi connectivity index (χ2v) is 5.75. The number of fused-ring (bicyclic) bond motifs is 1. The standard InChI is InChI=1S/C15H9N5O3S/c21-20(22)13-9-7-11(23-13)6-8-12-16-17-15-19(12)18-14(24-15)10-4-2-1-3-5-10/h1-9H/b8-6+. The number of hydrogen-bond acceptors (Lipinski definition) is 7. The van der Waals surface area contributed by atoms with E-state index in [-0.39, 0.29) is 5.88 Å². The first-order valence-electron chi connectivity index (χ1n) is 6.91. The summed E-state index contributed by atoms with van der Waals surface area (Å²) in [6.07, 6.45) is 3.24. The molecule has 0 saturated carbocycles. The van der Waals surface area contributed by atoms with Gasteiger partial charge in [0.2, 0.25) is 4.96 Å². The number of benzene rings is 1. The largest absolute Gasteiger partial charge is 0.433 e. The summed E-state index contributed by atoms with van der Waals surface area (Å²) in [4.78, 5) is 10.7. The van der Waals surface area contributed by atoms with Crippen LogP contribution in [-0.4, -0.2) is 24.7 Å². The van der Waals surface area contributed by atoms with E-state index in [9.17, 15) is 10.1 Å². The number of nitrogens with zero attached hydrogens (tertiary/aromatic N) is 5. The van der Waals surface area contributed by atoms with Gasteiger partial charge in [-0.05, 0) is 18.2 Å². The summed E-state index contributed by atoms with van der Waals surface area (Å²) in [6, 6.07) is 12.6. The minimum atomic E-state index is -0.584. The Morgan fingerprint density at radius 1 is 1.12 bits per heavy atom. The van der Waals surface area contributed by atoms with E-state index in [1.165, 1.54) is 23.5 Å². The Balaban J connectivity index is 1.65.